The first-order chi connectivity index (χ1) is 9.99. The first kappa shape index (κ1) is 17.5. The number of anilines is 1. The van der Waals surface area contributed by atoms with E-state index in [1.165, 1.54) is 0 Å². The van der Waals surface area contributed by atoms with E-state index in [-0.39, 0.29) is 5.91 Å². The second kappa shape index (κ2) is 9.40. The van der Waals surface area contributed by atoms with Crippen LogP contribution in [0.15, 0.2) is 24.3 Å². The number of nitrogens with one attached hydrogen (secondary N) is 1. The van der Waals surface area contributed by atoms with Crippen molar-refractivity contribution in [1.82, 2.24) is 10.2 Å². The lowest BCUT2D eigenvalue weighted by molar-refractivity contribution is -0.121. The van der Waals surface area contributed by atoms with Crippen molar-refractivity contribution >= 4 is 11.6 Å². The fourth-order valence-electron chi connectivity index (χ4n) is 2.07. The molecule has 3 N–H and O–H groups in total. The maximum absolute atomic E-state index is 11.8. The van der Waals surface area contributed by atoms with E-state index in [1.807, 2.05) is 24.3 Å². The minimum Gasteiger partial charge on any atom is -0.399 e. The van der Waals surface area contributed by atoms with Gasteiger partial charge in [-0.05, 0) is 64.4 Å². The monoisotopic (exact) mass is 291 g/mol. The Balaban J connectivity index is 2.09. The van der Waals surface area contributed by atoms with Gasteiger partial charge in [0.2, 0.25) is 5.91 Å². The molecule has 0 aliphatic heterocycles. The molecule has 1 amide bonds. The molecule has 0 fully saturated rings. The number of nitrogens with two attached hydrogens (primary N) is 1. The molecule has 0 radical (unpaired) electrons. The topological polar surface area (TPSA) is 58.4 Å². The van der Waals surface area contributed by atoms with Gasteiger partial charge >= 0.3 is 0 Å². The van der Waals surface area contributed by atoms with Crippen LogP contribution >= 0.6 is 0 Å². The minimum absolute atomic E-state index is 0.120. The molecule has 0 saturated heterocycles. The standard InChI is InChI=1S/C17H29N3O/c1-14(2)20(3)12-5-4-11-19-17(21)10-9-15-7-6-8-16(18)13-15/h6-8,13-14H,4-5,9-12,18H2,1-3H3,(H,19,21). The number of nitrogens with zero attached hydrogens (tertiary/aromatic N) is 1. The Morgan fingerprint density at radius 3 is 2.76 bits per heavy atom. The Bertz CT molecular complexity index is 432. The lowest BCUT2D eigenvalue weighted by Gasteiger charge is -2.20. The van der Waals surface area contributed by atoms with Crippen molar-refractivity contribution in [2.75, 3.05) is 25.9 Å². The van der Waals surface area contributed by atoms with Crippen LogP contribution < -0.4 is 11.1 Å². The summed E-state index contributed by atoms with van der Waals surface area (Å²) in [5, 5.41) is 2.98. The largest absolute Gasteiger partial charge is 0.399 e. The Hall–Kier alpha value is -1.55. The van der Waals surface area contributed by atoms with E-state index in [2.05, 4.69) is 31.1 Å². The lowest BCUT2D eigenvalue weighted by atomic mass is 10.1. The van der Waals surface area contributed by atoms with Crippen molar-refractivity contribution in [2.45, 2.75) is 45.6 Å². The number of rotatable bonds is 9. The summed E-state index contributed by atoms with van der Waals surface area (Å²) in [5.41, 5.74) is 7.59. The number of hydrogen-bond acceptors (Lipinski definition) is 3. The van der Waals surface area contributed by atoms with Crippen LogP contribution in [-0.4, -0.2) is 37.0 Å². The second-order valence-corrected chi connectivity index (χ2v) is 5.88. The maximum atomic E-state index is 11.8. The van der Waals surface area contributed by atoms with Gasteiger partial charge in [-0.25, -0.2) is 0 Å². The number of amides is 1. The minimum atomic E-state index is 0.120. The molecule has 0 aliphatic carbocycles. The molecule has 0 heterocycles. The molecular weight excluding hydrogens is 262 g/mol. The average Bonchev–Trinajstić information content (AvgIpc) is 2.44. The highest BCUT2D eigenvalue weighted by atomic mass is 16.1. The summed E-state index contributed by atoms with van der Waals surface area (Å²) in [6.45, 7) is 6.23. The van der Waals surface area contributed by atoms with Crippen LogP contribution in [0.25, 0.3) is 0 Å². The third-order valence-corrected chi connectivity index (χ3v) is 3.73. The highest BCUT2D eigenvalue weighted by Gasteiger charge is 2.04. The van der Waals surface area contributed by atoms with E-state index in [0.29, 0.717) is 12.5 Å². The molecule has 21 heavy (non-hydrogen) atoms. The van der Waals surface area contributed by atoms with E-state index in [4.69, 9.17) is 5.73 Å². The van der Waals surface area contributed by atoms with Crippen molar-refractivity contribution in [3.05, 3.63) is 29.8 Å². The fourth-order valence-corrected chi connectivity index (χ4v) is 2.07. The Morgan fingerprint density at radius 2 is 2.10 bits per heavy atom. The van der Waals surface area contributed by atoms with Crippen LogP contribution in [0, 0.1) is 0 Å². The number of carbonyl (C=O) groups is 1. The zero-order chi connectivity index (χ0) is 15.7. The maximum Gasteiger partial charge on any atom is 0.220 e. The van der Waals surface area contributed by atoms with Gasteiger partial charge < -0.3 is 16.0 Å². The quantitative estimate of drug-likeness (QED) is 0.543. The van der Waals surface area contributed by atoms with Crippen LogP contribution in [0.1, 0.15) is 38.7 Å². The number of hydrogen-bond donors (Lipinski definition) is 2. The highest BCUT2D eigenvalue weighted by molar-refractivity contribution is 5.76. The molecule has 1 aromatic carbocycles. The molecule has 0 aliphatic rings. The van der Waals surface area contributed by atoms with E-state index < -0.39 is 0 Å². The molecule has 0 aromatic heterocycles. The molecular formula is C17H29N3O. The summed E-state index contributed by atoms with van der Waals surface area (Å²) in [7, 11) is 2.13. The Kier molecular flexibility index (Phi) is 7.83. The van der Waals surface area contributed by atoms with Gasteiger partial charge in [-0.1, -0.05) is 12.1 Å². The summed E-state index contributed by atoms with van der Waals surface area (Å²) in [6, 6.07) is 8.30. The van der Waals surface area contributed by atoms with Crippen LogP contribution in [0.4, 0.5) is 5.69 Å². The summed E-state index contributed by atoms with van der Waals surface area (Å²) >= 11 is 0. The van der Waals surface area contributed by atoms with Gasteiger partial charge in [-0.15, -0.1) is 0 Å². The highest BCUT2D eigenvalue weighted by Crippen LogP contribution is 2.08. The number of nitrogen functional groups attached to an aromatic ring is 1. The van der Waals surface area contributed by atoms with Crippen molar-refractivity contribution < 1.29 is 4.79 Å². The van der Waals surface area contributed by atoms with E-state index in [9.17, 15) is 4.79 Å². The van der Waals surface area contributed by atoms with Crippen LogP contribution in [0.2, 0.25) is 0 Å². The predicted octanol–water partition coefficient (Wildman–Crippen LogP) is 2.44. The molecule has 1 aromatic rings. The van der Waals surface area contributed by atoms with Gasteiger partial charge in [0.1, 0.15) is 0 Å². The second-order valence-electron chi connectivity index (χ2n) is 5.88. The van der Waals surface area contributed by atoms with Crippen LogP contribution in [0.3, 0.4) is 0 Å². The van der Waals surface area contributed by atoms with Crippen molar-refractivity contribution in [1.29, 1.82) is 0 Å². The van der Waals surface area contributed by atoms with Crippen molar-refractivity contribution in [2.24, 2.45) is 0 Å². The third kappa shape index (κ3) is 7.71. The van der Waals surface area contributed by atoms with E-state index in [0.717, 1.165) is 43.6 Å². The molecule has 4 heteroatoms. The third-order valence-electron chi connectivity index (χ3n) is 3.73. The molecule has 0 spiro atoms. The van der Waals surface area contributed by atoms with Crippen molar-refractivity contribution in [3.63, 3.8) is 0 Å². The van der Waals surface area contributed by atoms with Gasteiger partial charge in [0, 0.05) is 24.7 Å². The summed E-state index contributed by atoms with van der Waals surface area (Å²) in [6.07, 6.45) is 3.41. The van der Waals surface area contributed by atoms with E-state index >= 15 is 0 Å². The lowest BCUT2D eigenvalue weighted by Crippen LogP contribution is -2.29. The molecule has 0 unspecified atom stereocenters. The molecule has 118 valence electrons. The zero-order valence-electron chi connectivity index (χ0n) is 13.6. The molecule has 0 saturated carbocycles. The summed E-state index contributed by atoms with van der Waals surface area (Å²) in [5.74, 6) is 0.120. The summed E-state index contributed by atoms with van der Waals surface area (Å²) in [4.78, 5) is 14.1. The predicted molar refractivity (Wildman–Crippen MR) is 89.2 cm³/mol. The number of aryl methyl sites for hydroxylation is 1. The number of benzene rings is 1. The van der Waals surface area contributed by atoms with Gasteiger partial charge in [0.25, 0.3) is 0 Å². The Morgan fingerprint density at radius 1 is 1.33 bits per heavy atom. The Labute approximate surface area is 128 Å². The summed E-state index contributed by atoms with van der Waals surface area (Å²) < 4.78 is 0. The first-order valence-corrected chi connectivity index (χ1v) is 7.80. The first-order valence-electron chi connectivity index (χ1n) is 7.80. The number of unbranched alkanes of at least 4 members (excludes halogenated alkanes) is 1. The molecule has 4 nitrogen and oxygen atoms in total. The molecule has 0 atom stereocenters. The SMILES string of the molecule is CC(C)N(C)CCCCNC(=O)CCc1cccc(N)c1. The smallest absolute Gasteiger partial charge is 0.220 e. The zero-order valence-corrected chi connectivity index (χ0v) is 13.6. The van der Waals surface area contributed by atoms with Crippen LogP contribution in [-0.2, 0) is 11.2 Å². The van der Waals surface area contributed by atoms with Gasteiger partial charge in [-0.2, -0.15) is 0 Å². The van der Waals surface area contributed by atoms with E-state index in [1.54, 1.807) is 0 Å². The van der Waals surface area contributed by atoms with Crippen molar-refractivity contribution in [3.8, 4) is 0 Å². The average molecular weight is 291 g/mol. The molecule has 0 bridgehead atoms. The van der Waals surface area contributed by atoms with Crippen LogP contribution in [0.5, 0.6) is 0 Å². The molecule has 1 rings (SSSR count). The fraction of sp³-hybridized carbons (Fsp3) is 0.588. The normalized spacial score (nSPS) is 11.1. The van der Waals surface area contributed by atoms with Gasteiger partial charge in [0.05, 0.1) is 0 Å². The van der Waals surface area contributed by atoms with Gasteiger partial charge in [-0.3, -0.25) is 4.79 Å². The number of carbonyl (C=O) groups excluding carboxylic acids is 1. The van der Waals surface area contributed by atoms with Gasteiger partial charge in [0.15, 0.2) is 0 Å².